The summed E-state index contributed by atoms with van der Waals surface area (Å²) < 4.78 is 54.8. The number of alkyl halides is 3. The van der Waals surface area contributed by atoms with Gasteiger partial charge in [-0.1, -0.05) is 6.07 Å². The molecule has 0 amide bonds. The van der Waals surface area contributed by atoms with Gasteiger partial charge in [0.1, 0.15) is 11.9 Å². The molecule has 0 bridgehead atoms. The molecule has 0 heterocycles. The van der Waals surface area contributed by atoms with Crippen LogP contribution in [0.3, 0.4) is 0 Å². The largest absolute Gasteiger partial charge is 0.468 e. The van der Waals surface area contributed by atoms with E-state index in [1.807, 2.05) is 0 Å². The van der Waals surface area contributed by atoms with E-state index in [0.717, 1.165) is 19.2 Å². The van der Waals surface area contributed by atoms with Crippen molar-refractivity contribution in [1.29, 1.82) is 0 Å². The minimum absolute atomic E-state index is 0.290. The number of rotatable bonds is 2. The fraction of sp³-hybridized carbons (Fsp3) is 0.300. The van der Waals surface area contributed by atoms with Crippen LogP contribution in [-0.2, 0) is 15.7 Å². The van der Waals surface area contributed by atoms with Crippen molar-refractivity contribution >= 4 is 5.97 Å². The molecule has 0 saturated carbocycles. The second-order valence-electron chi connectivity index (χ2n) is 3.23. The molecule has 0 aromatic heterocycles. The molecular formula is C10H9F4NO2. The minimum atomic E-state index is -4.79. The molecule has 1 atom stereocenters. The van der Waals surface area contributed by atoms with Gasteiger partial charge < -0.3 is 10.5 Å². The molecule has 3 nitrogen and oxygen atoms in total. The van der Waals surface area contributed by atoms with Crippen LogP contribution in [0.1, 0.15) is 17.2 Å². The fourth-order valence-corrected chi connectivity index (χ4v) is 1.30. The zero-order chi connectivity index (χ0) is 13.2. The molecule has 0 radical (unpaired) electrons. The number of benzene rings is 1. The van der Waals surface area contributed by atoms with Crippen LogP contribution in [0.4, 0.5) is 17.6 Å². The number of hydrogen-bond acceptors (Lipinski definition) is 3. The van der Waals surface area contributed by atoms with Gasteiger partial charge in [-0.2, -0.15) is 13.2 Å². The molecule has 0 aliphatic heterocycles. The molecular weight excluding hydrogens is 242 g/mol. The van der Waals surface area contributed by atoms with Gasteiger partial charge in [0.2, 0.25) is 0 Å². The Labute approximate surface area is 94.2 Å². The zero-order valence-corrected chi connectivity index (χ0v) is 8.72. The molecule has 17 heavy (non-hydrogen) atoms. The highest BCUT2D eigenvalue weighted by atomic mass is 19.4. The summed E-state index contributed by atoms with van der Waals surface area (Å²) in [4.78, 5) is 11.1. The van der Waals surface area contributed by atoms with Gasteiger partial charge in [-0.25, -0.2) is 4.39 Å². The third-order valence-corrected chi connectivity index (χ3v) is 2.11. The van der Waals surface area contributed by atoms with E-state index in [1.165, 1.54) is 0 Å². The lowest BCUT2D eigenvalue weighted by molar-refractivity contribution is -0.144. The van der Waals surface area contributed by atoms with Crippen molar-refractivity contribution in [3.05, 3.63) is 35.1 Å². The second-order valence-corrected chi connectivity index (χ2v) is 3.23. The van der Waals surface area contributed by atoms with E-state index in [0.29, 0.717) is 0 Å². The molecule has 1 rings (SSSR count). The maximum Gasteiger partial charge on any atom is 0.416 e. The van der Waals surface area contributed by atoms with E-state index in [2.05, 4.69) is 4.74 Å². The van der Waals surface area contributed by atoms with E-state index in [4.69, 9.17) is 5.73 Å². The molecule has 0 spiro atoms. The number of carbonyl (C=O) groups is 1. The molecule has 94 valence electrons. The second kappa shape index (κ2) is 4.70. The lowest BCUT2D eigenvalue weighted by atomic mass is 10.0. The number of hydrogen-bond donors (Lipinski definition) is 1. The van der Waals surface area contributed by atoms with Crippen LogP contribution in [0.5, 0.6) is 0 Å². The number of ether oxygens (including phenoxy) is 1. The van der Waals surface area contributed by atoms with Crippen LogP contribution in [0, 0.1) is 5.82 Å². The van der Waals surface area contributed by atoms with Gasteiger partial charge in [-0.15, -0.1) is 0 Å². The topological polar surface area (TPSA) is 52.3 Å². The monoisotopic (exact) mass is 251 g/mol. The van der Waals surface area contributed by atoms with Gasteiger partial charge in [0.05, 0.1) is 12.7 Å². The molecule has 0 unspecified atom stereocenters. The average molecular weight is 251 g/mol. The molecule has 7 heteroatoms. The Balaban J connectivity index is 3.29. The van der Waals surface area contributed by atoms with E-state index >= 15 is 0 Å². The van der Waals surface area contributed by atoms with Gasteiger partial charge in [-0.3, -0.25) is 4.79 Å². The summed E-state index contributed by atoms with van der Waals surface area (Å²) >= 11 is 0. The summed E-state index contributed by atoms with van der Waals surface area (Å²) in [5, 5.41) is 0. The molecule has 1 aromatic carbocycles. The fourth-order valence-electron chi connectivity index (χ4n) is 1.30. The average Bonchev–Trinajstić information content (AvgIpc) is 2.25. The van der Waals surface area contributed by atoms with Crippen molar-refractivity contribution in [2.24, 2.45) is 5.73 Å². The predicted molar refractivity (Wildman–Crippen MR) is 50.3 cm³/mol. The molecule has 0 aliphatic carbocycles. The maximum atomic E-state index is 12.8. The molecule has 0 saturated heterocycles. The number of carbonyl (C=O) groups excluding carboxylic acids is 1. The van der Waals surface area contributed by atoms with Crippen LogP contribution in [0.2, 0.25) is 0 Å². The quantitative estimate of drug-likeness (QED) is 0.646. The Morgan fingerprint density at radius 1 is 1.41 bits per heavy atom. The number of nitrogens with two attached hydrogens (primary N) is 1. The van der Waals surface area contributed by atoms with E-state index in [-0.39, 0.29) is 6.07 Å². The van der Waals surface area contributed by atoms with Gasteiger partial charge in [0, 0.05) is 0 Å². The first-order chi connectivity index (χ1) is 7.77. The number of esters is 1. The Hall–Kier alpha value is -1.63. The van der Waals surface area contributed by atoms with E-state index < -0.39 is 35.1 Å². The number of halogens is 4. The van der Waals surface area contributed by atoms with Crippen molar-refractivity contribution in [3.63, 3.8) is 0 Å². The first-order valence-electron chi connectivity index (χ1n) is 4.47. The highest BCUT2D eigenvalue weighted by Crippen LogP contribution is 2.34. The van der Waals surface area contributed by atoms with Crippen LogP contribution in [0.25, 0.3) is 0 Å². The Kier molecular flexibility index (Phi) is 3.72. The Morgan fingerprint density at radius 2 is 2.00 bits per heavy atom. The first kappa shape index (κ1) is 13.4. The van der Waals surface area contributed by atoms with Crippen molar-refractivity contribution in [2.45, 2.75) is 12.2 Å². The normalized spacial score (nSPS) is 13.3. The van der Waals surface area contributed by atoms with E-state index in [1.54, 1.807) is 0 Å². The molecule has 2 N–H and O–H groups in total. The Morgan fingerprint density at radius 3 is 2.47 bits per heavy atom. The molecule has 0 fully saturated rings. The molecule has 1 aromatic rings. The summed E-state index contributed by atoms with van der Waals surface area (Å²) in [7, 11) is 0.999. The van der Waals surface area contributed by atoms with Gasteiger partial charge >= 0.3 is 12.1 Å². The van der Waals surface area contributed by atoms with Crippen LogP contribution >= 0.6 is 0 Å². The first-order valence-corrected chi connectivity index (χ1v) is 4.47. The summed E-state index contributed by atoms with van der Waals surface area (Å²) in [6.45, 7) is 0. The predicted octanol–water partition coefficient (Wildman–Crippen LogP) is 2.02. The standard InChI is InChI=1S/C10H9F4NO2/c1-17-9(16)8(15)6-3-2-5(11)4-7(6)10(12,13)14/h2-4,8H,15H2,1H3/t8-/m0/s1. The smallest absolute Gasteiger partial charge is 0.416 e. The minimum Gasteiger partial charge on any atom is -0.468 e. The molecule has 0 aliphatic rings. The van der Waals surface area contributed by atoms with Crippen molar-refractivity contribution in [3.8, 4) is 0 Å². The highest BCUT2D eigenvalue weighted by Gasteiger charge is 2.36. The van der Waals surface area contributed by atoms with Crippen LogP contribution in [0.15, 0.2) is 18.2 Å². The third kappa shape index (κ3) is 2.94. The maximum absolute atomic E-state index is 12.8. The summed E-state index contributed by atoms with van der Waals surface area (Å²) in [6, 6.07) is 0.308. The van der Waals surface area contributed by atoms with Gasteiger partial charge in [0.15, 0.2) is 0 Å². The van der Waals surface area contributed by atoms with Crippen molar-refractivity contribution in [1.82, 2.24) is 0 Å². The van der Waals surface area contributed by atoms with Crippen molar-refractivity contribution < 1.29 is 27.1 Å². The lowest BCUT2D eigenvalue weighted by Gasteiger charge is -2.16. The van der Waals surface area contributed by atoms with Crippen LogP contribution in [-0.4, -0.2) is 13.1 Å². The van der Waals surface area contributed by atoms with Gasteiger partial charge in [0.25, 0.3) is 0 Å². The highest BCUT2D eigenvalue weighted by molar-refractivity contribution is 5.77. The SMILES string of the molecule is COC(=O)[C@@H](N)c1ccc(F)cc1C(F)(F)F. The summed E-state index contributed by atoms with van der Waals surface area (Å²) in [5.74, 6) is -2.08. The Bertz CT molecular complexity index is 431. The van der Waals surface area contributed by atoms with Gasteiger partial charge in [-0.05, 0) is 17.7 Å². The lowest BCUT2D eigenvalue weighted by Crippen LogP contribution is -2.26. The number of methoxy groups -OCH3 is 1. The summed E-state index contributed by atoms with van der Waals surface area (Å²) in [5.41, 5.74) is 3.50. The van der Waals surface area contributed by atoms with Crippen molar-refractivity contribution in [2.75, 3.05) is 7.11 Å². The zero-order valence-electron chi connectivity index (χ0n) is 8.72. The third-order valence-electron chi connectivity index (χ3n) is 2.11. The van der Waals surface area contributed by atoms with Crippen LogP contribution < -0.4 is 5.73 Å². The van der Waals surface area contributed by atoms with E-state index in [9.17, 15) is 22.4 Å². The summed E-state index contributed by atoms with van der Waals surface area (Å²) in [6.07, 6.45) is -4.79.